The Morgan fingerprint density at radius 3 is 1.31 bits per heavy atom. The van der Waals surface area contributed by atoms with E-state index >= 15 is 0 Å². The first-order valence-electron chi connectivity index (χ1n) is 8.36. The van der Waals surface area contributed by atoms with Crippen molar-refractivity contribution in [2.45, 2.75) is 67.2 Å². The van der Waals surface area contributed by atoms with Crippen molar-refractivity contribution < 1.29 is 9.59 Å². The van der Waals surface area contributed by atoms with Crippen LogP contribution in [0.4, 0.5) is 0 Å². The second-order valence-electron chi connectivity index (χ2n) is 5.89. The lowest BCUT2D eigenvalue weighted by atomic mass is 10.1. The summed E-state index contributed by atoms with van der Waals surface area (Å²) < 4.78 is 0. The van der Waals surface area contributed by atoms with E-state index in [1.54, 1.807) is 0 Å². The third-order valence-corrected chi connectivity index (χ3v) is 3.00. The van der Waals surface area contributed by atoms with Gasteiger partial charge in [0.1, 0.15) is 11.6 Å². The molecule has 0 aromatic carbocycles. The van der Waals surface area contributed by atoms with Crippen molar-refractivity contribution in [3.05, 3.63) is 23.5 Å². The van der Waals surface area contributed by atoms with Crippen LogP contribution < -0.4 is 11.7 Å². The summed E-state index contributed by atoms with van der Waals surface area (Å²) in [6.07, 6.45) is 2.98. The summed E-state index contributed by atoms with van der Waals surface area (Å²) in [4.78, 5) is 20.4. The zero-order chi connectivity index (χ0) is 20.5. The summed E-state index contributed by atoms with van der Waals surface area (Å²) in [5.74, 6) is 8.17. The predicted octanol–water partition coefficient (Wildman–Crippen LogP) is 2.47. The Hall–Kier alpha value is -2.32. The molecule has 0 radical (unpaired) electrons. The number of nitrogens with two attached hydrogens (primary N) is 2. The summed E-state index contributed by atoms with van der Waals surface area (Å²) in [5.41, 5.74) is 4.23. The quantitative estimate of drug-likeness (QED) is 0.624. The maximum atomic E-state index is 10.2. The van der Waals surface area contributed by atoms with Gasteiger partial charge in [0.2, 0.25) is 0 Å². The molecule has 0 bridgehead atoms. The molecule has 1 aliphatic rings. The van der Waals surface area contributed by atoms with E-state index < -0.39 is 0 Å². The zero-order valence-electron chi connectivity index (χ0n) is 16.7. The number of ketones is 2. The summed E-state index contributed by atoms with van der Waals surface area (Å²) in [6.45, 7) is 10.8. The van der Waals surface area contributed by atoms with Crippen molar-refractivity contribution in [3.63, 3.8) is 0 Å². The van der Waals surface area contributed by atoms with Crippen LogP contribution in [-0.2, 0) is 9.59 Å². The lowest BCUT2D eigenvalue weighted by Gasteiger charge is -2.02. The number of rotatable bonds is 3. The third kappa shape index (κ3) is 18.0. The molecule has 146 valence electrons. The van der Waals surface area contributed by atoms with Gasteiger partial charge in [0.05, 0.1) is 11.4 Å². The van der Waals surface area contributed by atoms with E-state index in [1.807, 2.05) is 39.8 Å². The fourth-order valence-electron chi connectivity index (χ4n) is 1.45. The van der Waals surface area contributed by atoms with Crippen molar-refractivity contribution in [3.8, 4) is 0 Å². The van der Waals surface area contributed by atoms with Crippen LogP contribution >= 0.6 is 0 Å². The van der Waals surface area contributed by atoms with Gasteiger partial charge >= 0.3 is 0 Å². The van der Waals surface area contributed by atoms with E-state index in [0.717, 1.165) is 35.7 Å². The van der Waals surface area contributed by atoms with Crippen molar-refractivity contribution >= 4 is 23.0 Å². The highest BCUT2D eigenvalue weighted by atomic mass is 16.1. The molecule has 1 aromatic heterocycles. The molecule has 0 aliphatic carbocycles. The van der Waals surface area contributed by atoms with Gasteiger partial charge in [0.15, 0.2) is 0 Å². The first-order chi connectivity index (χ1) is 12.2. The molecule has 2 heterocycles. The highest BCUT2D eigenvalue weighted by Gasteiger charge is 1.99. The second kappa shape index (κ2) is 16.2. The Balaban J connectivity index is 0. The standard InChI is InChI=1S/C6H10N2.C6H8N2.C6H10O2.H4N2/c2*1-5-3-4-6(2)8-7-5;1-5(7)3-4-6(2)8;1-2/h3-4H2,1-2H3;3-4H,1-2H3;3-4H2,1-2H3;1-2H2. The topological polar surface area (TPSA) is 137 Å². The van der Waals surface area contributed by atoms with Gasteiger partial charge in [0.25, 0.3) is 0 Å². The van der Waals surface area contributed by atoms with Crippen LogP contribution in [0.3, 0.4) is 0 Å². The van der Waals surface area contributed by atoms with Gasteiger partial charge in [0, 0.05) is 24.3 Å². The lowest BCUT2D eigenvalue weighted by molar-refractivity contribution is -0.122. The van der Waals surface area contributed by atoms with Crippen LogP contribution in [-0.4, -0.2) is 33.2 Å². The molecule has 26 heavy (non-hydrogen) atoms. The molecule has 8 nitrogen and oxygen atoms in total. The average Bonchev–Trinajstić information content (AvgIpc) is 2.61. The molecule has 0 fully saturated rings. The largest absolute Gasteiger partial charge is 0.300 e. The highest BCUT2D eigenvalue weighted by molar-refractivity contribution is 5.92. The van der Waals surface area contributed by atoms with Crippen LogP contribution in [0.1, 0.15) is 64.8 Å². The van der Waals surface area contributed by atoms with Crippen molar-refractivity contribution in [2.24, 2.45) is 21.9 Å². The molecule has 0 atom stereocenters. The van der Waals surface area contributed by atoms with Crippen LogP contribution in [0.2, 0.25) is 0 Å². The molecule has 0 amide bonds. The van der Waals surface area contributed by atoms with Gasteiger partial charge in [-0.3, -0.25) is 11.7 Å². The summed E-state index contributed by atoms with van der Waals surface area (Å²) >= 11 is 0. The molecule has 8 heteroatoms. The molecular weight excluding hydrogens is 332 g/mol. The van der Waals surface area contributed by atoms with Gasteiger partial charge < -0.3 is 9.59 Å². The average molecular weight is 364 g/mol. The van der Waals surface area contributed by atoms with E-state index in [0.29, 0.717) is 12.8 Å². The first kappa shape index (κ1) is 25.9. The Labute approximate surface area is 156 Å². The minimum absolute atomic E-state index is 0.0835. The second-order valence-corrected chi connectivity index (χ2v) is 5.89. The predicted molar refractivity (Wildman–Crippen MR) is 106 cm³/mol. The highest BCUT2D eigenvalue weighted by Crippen LogP contribution is 2.02. The number of nitrogens with zero attached hydrogens (tertiary/aromatic N) is 4. The van der Waals surface area contributed by atoms with Gasteiger partial charge in [-0.2, -0.15) is 20.4 Å². The molecule has 2 rings (SSSR count). The molecular formula is C18H32N6O2. The zero-order valence-corrected chi connectivity index (χ0v) is 16.7. The normalized spacial score (nSPS) is 11.8. The Bertz CT molecular complexity index is 541. The Kier molecular flexibility index (Phi) is 16.1. The Morgan fingerprint density at radius 2 is 1.12 bits per heavy atom. The fraction of sp³-hybridized carbons (Fsp3) is 0.556. The SMILES string of the molecule is CC(=O)CCC(C)=O.CC1=NN=C(C)CC1.Cc1ccc(C)nn1.NN. The van der Waals surface area contributed by atoms with Gasteiger partial charge in [-0.25, -0.2) is 0 Å². The van der Waals surface area contributed by atoms with Crippen LogP contribution in [0, 0.1) is 13.8 Å². The van der Waals surface area contributed by atoms with E-state index in [1.165, 1.54) is 13.8 Å². The van der Waals surface area contributed by atoms with Crippen molar-refractivity contribution in [1.29, 1.82) is 0 Å². The minimum atomic E-state index is 0.0835. The molecule has 1 aliphatic heterocycles. The summed E-state index contributed by atoms with van der Waals surface area (Å²) in [7, 11) is 0. The van der Waals surface area contributed by atoms with E-state index in [4.69, 9.17) is 0 Å². The smallest absolute Gasteiger partial charge is 0.130 e. The fourth-order valence-corrected chi connectivity index (χ4v) is 1.45. The van der Waals surface area contributed by atoms with Gasteiger partial charge in [-0.15, -0.1) is 0 Å². The number of carbonyl (C=O) groups is 2. The molecule has 0 unspecified atom stereocenters. The number of aromatic nitrogens is 2. The van der Waals surface area contributed by atoms with Gasteiger partial charge in [-0.1, -0.05) is 0 Å². The minimum Gasteiger partial charge on any atom is -0.300 e. The maximum Gasteiger partial charge on any atom is 0.130 e. The maximum absolute atomic E-state index is 10.2. The number of hydrogen-bond donors (Lipinski definition) is 2. The Morgan fingerprint density at radius 1 is 0.808 bits per heavy atom. The first-order valence-corrected chi connectivity index (χ1v) is 8.36. The molecule has 0 saturated heterocycles. The number of hydrogen-bond acceptors (Lipinski definition) is 8. The van der Waals surface area contributed by atoms with E-state index in [9.17, 15) is 9.59 Å². The molecule has 4 N–H and O–H groups in total. The third-order valence-electron chi connectivity index (χ3n) is 3.00. The van der Waals surface area contributed by atoms with E-state index in [-0.39, 0.29) is 11.6 Å². The van der Waals surface area contributed by atoms with Gasteiger partial charge in [-0.05, 0) is 66.5 Å². The number of aryl methyl sites for hydroxylation is 2. The number of carbonyl (C=O) groups excluding carboxylic acids is 2. The van der Waals surface area contributed by atoms with E-state index in [2.05, 4.69) is 32.1 Å². The molecule has 1 aromatic rings. The van der Waals surface area contributed by atoms with Crippen LogP contribution in [0.5, 0.6) is 0 Å². The summed E-state index contributed by atoms with van der Waals surface area (Å²) in [5, 5.41) is 15.5. The number of Topliss-reactive ketones (excluding diaryl/α,β-unsaturated/α-hetero) is 2. The summed E-state index contributed by atoms with van der Waals surface area (Å²) in [6, 6.07) is 3.89. The number of hydrazine groups is 1. The molecule has 0 spiro atoms. The van der Waals surface area contributed by atoms with Crippen molar-refractivity contribution in [1.82, 2.24) is 10.2 Å². The lowest BCUT2D eigenvalue weighted by Crippen LogP contribution is -2.02. The van der Waals surface area contributed by atoms with Crippen LogP contribution in [0.25, 0.3) is 0 Å². The monoisotopic (exact) mass is 364 g/mol. The van der Waals surface area contributed by atoms with Crippen LogP contribution in [0.15, 0.2) is 22.3 Å². The van der Waals surface area contributed by atoms with Crippen molar-refractivity contribution in [2.75, 3.05) is 0 Å². The molecule has 0 saturated carbocycles.